The summed E-state index contributed by atoms with van der Waals surface area (Å²) < 4.78 is 5.44. The Kier molecular flexibility index (Phi) is 4.98. The van der Waals surface area contributed by atoms with E-state index in [9.17, 15) is 15.0 Å². The zero-order valence-corrected chi connectivity index (χ0v) is 12.0. The molecule has 2 aromatic rings. The maximum atomic E-state index is 11.9. The van der Waals surface area contributed by atoms with Gasteiger partial charge in [-0.15, -0.1) is 0 Å². The van der Waals surface area contributed by atoms with Crippen molar-refractivity contribution in [2.75, 3.05) is 6.61 Å². The fourth-order valence-corrected chi connectivity index (χ4v) is 1.81. The lowest BCUT2D eigenvalue weighted by atomic mass is 10.2. The summed E-state index contributed by atoms with van der Waals surface area (Å²) in [4.78, 5) is 11.9. The molecule has 1 amide bonds. The molecular weight excluding hydrogens is 284 g/mol. The molecule has 6 nitrogen and oxygen atoms in total. The van der Waals surface area contributed by atoms with E-state index in [2.05, 4.69) is 10.5 Å². The highest BCUT2D eigenvalue weighted by molar-refractivity contribution is 5.97. The molecule has 0 fully saturated rings. The molecule has 0 saturated heterocycles. The molecule has 0 radical (unpaired) electrons. The Hall–Kier alpha value is -3.02. The van der Waals surface area contributed by atoms with Gasteiger partial charge in [0.25, 0.3) is 5.91 Å². The molecule has 3 N–H and O–H groups in total. The van der Waals surface area contributed by atoms with Crippen LogP contribution in [0.25, 0.3) is 0 Å². The lowest BCUT2D eigenvalue weighted by Gasteiger charge is -2.06. The lowest BCUT2D eigenvalue weighted by Crippen LogP contribution is -2.17. The van der Waals surface area contributed by atoms with Crippen molar-refractivity contribution < 1.29 is 19.7 Å². The Bertz CT molecular complexity index is 698. The van der Waals surface area contributed by atoms with Crippen LogP contribution in [0, 0.1) is 0 Å². The topological polar surface area (TPSA) is 91.2 Å². The molecule has 6 heteroatoms. The summed E-state index contributed by atoms with van der Waals surface area (Å²) in [7, 11) is 0. The van der Waals surface area contributed by atoms with Gasteiger partial charge in [0, 0.05) is 11.6 Å². The maximum absolute atomic E-state index is 11.9. The van der Waals surface area contributed by atoms with Gasteiger partial charge in [-0.05, 0) is 31.2 Å². The van der Waals surface area contributed by atoms with Gasteiger partial charge in [-0.2, -0.15) is 5.10 Å². The molecule has 22 heavy (non-hydrogen) atoms. The first kappa shape index (κ1) is 15.4. The molecule has 2 aromatic carbocycles. The number of rotatable bonds is 5. The van der Waals surface area contributed by atoms with Crippen molar-refractivity contribution in [3.05, 3.63) is 53.6 Å². The Morgan fingerprint density at radius 1 is 1.27 bits per heavy atom. The van der Waals surface area contributed by atoms with Crippen LogP contribution in [-0.2, 0) is 0 Å². The molecule has 0 spiro atoms. The number of aromatic hydroxyl groups is 2. The van der Waals surface area contributed by atoms with Crippen LogP contribution < -0.4 is 10.2 Å². The Labute approximate surface area is 127 Å². The average molecular weight is 300 g/mol. The first-order valence-electron chi connectivity index (χ1n) is 6.69. The van der Waals surface area contributed by atoms with Gasteiger partial charge < -0.3 is 14.9 Å². The van der Waals surface area contributed by atoms with Gasteiger partial charge in [-0.1, -0.05) is 12.1 Å². The third-order valence-electron chi connectivity index (χ3n) is 2.81. The van der Waals surface area contributed by atoms with Crippen LogP contribution in [0.3, 0.4) is 0 Å². The van der Waals surface area contributed by atoms with Crippen LogP contribution in [0.1, 0.15) is 22.8 Å². The molecular formula is C16H16N2O4. The van der Waals surface area contributed by atoms with Gasteiger partial charge in [0.2, 0.25) is 0 Å². The molecule has 0 aliphatic carbocycles. The number of hydrogen-bond acceptors (Lipinski definition) is 5. The molecule has 0 aliphatic heterocycles. The number of hydrogen-bond donors (Lipinski definition) is 3. The summed E-state index contributed by atoms with van der Waals surface area (Å²) in [6, 6.07) is 11.0. The van der Waals surface area contributed by atoms with Crippen molar-refractivity contribution in [3.8, 4) is 17.2 Å². The first-order chi connectivity index (χ1) is 10.6. The molecule has 0 saturated carbocycles. The van der Waals surface area contributed by atoms with Crippen LogP contribution in [0.4, 0.5) is 0 Å². The molecule has 0 heterocycles. The number of carbonyl (C=O) groups excluding carboxylic acids is 1. The van der Waals surface area contributed by atoms with Crippen molar-refractivity contribution in [1.82, 2.24) is 5.43 Å². The largest absolute Gasteiger partial charge is 0.508 e. The second-order valence-electron chi connectivity index (χ2n) is 4.37. The second-order valence-corrected chi connectivity index (χ2v) is 4.37. The zero-order chi connectivity index (χ0) is 15.9. The first-order valence-corrected chi connectivity index (χ1v) is 6.69. The van der Waals surface area contributed by atoms with Crippen molar-refractivity contribution in [3.63, 3.8) is 0 Å². The summed E-state index contributed by atoms with van der Waals surface area (Å²) in [5.41, 5.74) is 3.05. The highest BCUT2D eigenvalue weighted by Crippen LogP contribution is 2.22. The van der Waals surface area contributed by atoms with E-state index in [1.165, 1.54) is 18.3 Å². The van der Waals surface area contributed by atoms with Crippen LogP contribution in [0.5, 0.6) is 17.2 Å². The quantitative estimate of drug-likeness (QED) is 0.583. The lowest BCUT2D eigenvalue weighted by molar-refractivity contribution is 0.0952. The fourth-order valence-electron chi connectivity index (χ4n) is 1.81. The summed E-state index contributed by atoms with van der Waals surface area (Å²) >= 11 is 0. The Morgan fingerprint density at radius 3 is 2.77 bits per heavy atom. The number of hydrazone groups is 1. The van der Waals surface area contributed by atoms with Gasteiger partial charge in [-0.3, -0.25) is 4.79 Å². The normalized spacial score (nSPS) is 10.6. The highest BCUT2D eigenvalue weighted by atomic mass is 16.5. The minimum absolute atomic E-state index is 0.0213. The fraction of sp³-hybridized carbons (Fsp3) is 0.125. The number of phenols is 2. The van der Waals surface area contributed by atoms with E-state index in [-0.39, 0.29) is 17.1 Å². The van der Waals surface area contributed by atoms with E-state index in [0.29, 0.717) is 12.4 Å². The van der Waals surface area contributed by atoms with E-state index in [0.717, 1.165) is 11.6 Å². The summed E-state index contributed by atoms with van der Waals surface area (Å²) in [6.07, 6.45) is 1.46. The molecule has 0 bridgehead atoms. The number of carbonyl (C=O) groups is 1. The third kappa shape index (κ3) is 3.76. The van der Waals surface area contributed by atoms with Crippen LogP contribution in [0.2, 0.25) is 0 Å². The van der Waals surface area contributed by atoms with Crippen molar-refractivity contribution in [2.24, 2.45) is 5.10 Å². The Morgan fingerprint density at radius 2 is 2.05 bits per heavy atom. The molecule has 0 atom stereocenters. The predicted octanol–water partition coefficient (Wildman–Crippen LogP) is 2.26. The van der Waals surface area contributed by atoms with E-state index in [1.807, 2.05) is 19.1 Å². The minimum atomic E-state index is -0.581. The molecule has 0 aliphatic rings. The van der Waals surface area contributed by atoms with Crippen molar-refractivity contribution >= 4 is 12.1 Å². The van der Waals surface area contributed by atoms with Gasteiger partial charge >= 0.3 is 0 Å². The number of nitrogens with zero attached hydrogens (tertiary/aromatic N) is 1. The van der Waals surface area contributed by atoms with Crippen LogP contribution in [-0.4, -0.2) is 28.9 Å². The maximum Gasteiger partial charge on any atom is 0.275 e. The second kappa shape index (κ2) is 7.12. The highest BCUT2D eigenvalue weighted by Gasteiger charge is 2.10. The number of amides is 1. The minimum Gasteiger partial charge on any atom is -0.508 e. The van der Waals surface area contributed by atoms with Crippen LogP contribution in [0.15, 0.2) is 47.6 Å². The standard InChI is InChI=1S/C16H16N2O4/c1-2-22-15-6-4-3-5-11(15)10-17-18-16(21)13-8-7-12(19)9-14(13)20/h3-10,19-20H,2H2,1H3,(H,18,21). The van der Waals surface area contributed by atoms with Gasteiger partial charge in [-0.25, -0.2) is 5.43 Å². The van der Waals surface area contributed by atoms with Crippen molar-refractivity contribution in [2.45, 2.75) is 6.92 Å². The van der Waals surface area contributed by atoms with E-state index in [4.69, 9.17) is 4.74 Å². The Balaban J connectivity index is 2.07. The number of nitrogens with one attached hydrogen (secondary N) is 1. The number of para-hydroxylation sites is 1. The van der Waals surface area contributed by atoms with E-state index >= 15 is 0 Å². The smallest absolute Gasteiger partial charge is 0.275 e. The van der Waals surface area contributed by atoms with Gasteiger partial charge in [0.05, 0.1) is 18.4 Å². The average Bonchev–Trinajstić information content (AvgIpc) is 2.49. The summed E-state index contributed by atoms with van der Waals surface area (Å²) in [6.45, 7) is 2.40. The monoisotopic (exact) mass is 300 g/mol. The summed E-state index contributed by atoms with van der Waals surface area (Å²) in [5.74, 6) is -0.358. The van der Waals surface area contributed by atoms with E-state index < -0.39 is 5.91 Å². The van der Waals surface area contributed by atoms with Crippen LogP contribution >= 0.6 is 0 Å². The number of phenolic OH excluding ortho intramolecular Hbond substituents is 2. The molecule has 2 rings (SSSR count). The SMILES string of the molecule is CCOc1ccccc1C=NNC(=O)c1ccc(O)cc1O. The van der Waals surface area contributed by atoms with Crippen molar-refractivity contribution in [1.29, 1.82) is 0 Å². The van der Waals surface area contributed by atoms with Gasteiger partial charge in [0.1, 0.15) is 17.2 Å². The molecule has 0 unspecified atom stereocenters. The zero-order valence-electron chi connectivity index (χ0n) is 12.0. The molecule has 0 aromatic heterocycles. The number of ether oxygens (including phenoxy) is 1. The van der Waals surface area contributed by atoms with E-state index in [1.54, 1.807) is 12.1 Å². The summed E-state index contributed by atoms with van der Waals surface area (Å²) in [5, 5.41) is 22.6. The molecule has 114 valence electrons. The van der Waals surface area contributed by atoms with Gasteiger partial charge in [0.15, 0.2) is 0 Å². The third-order valence-corrected chi connectivity index (χ3v) is 2.81. The number of benzene rings is 2. The predicted molar refractivity (Wildman–Crippen MR) is 82.4 cm³/mol.